The lowest BCUT2D eigenvalue weighted by atomic mass is 9.71. The Kier molecular flexibility index (Phi) is 3.32. The van der Waals surface area contributed by atoms with E-state index in [2.05, 4.69) is 20.8 Å². The molecule has 2 fully saturated rings. The molecule has 2 rings (SSSR count). The summed E-state index contributed by atoms with van der Waals surface area (Å²) in [4.78, 5) is 0. The van der Waals surface area contributed by atoms with E-state index in [0.29, 0.717) is 16.9 Å². The van der Waals surface area contributed by atoms with Gasteiger partial charge in [0.15, 0.2) is 9.84 Å². The number of quaternary nitrogens is 1. The first kappa shape index (κ1) is 13.3. The molecule has 0 atom stereocenters. The maximum Gasteiger partial charge on any atom is 0.161 e. The summed E-state index contributed by atoms with van der Waals surface area (Å²) < 4.78 is 24.1. The van der Waals surface area contributed by atoms with Crippen molar-refractivity contribution in [3.05, 3.63) is 0 Å². The van der Waals surface area contributed by atoms with Crippen molar-refractivity contribution >= 4 is 9.84 Å². The Morgan fingerprint density at radius 3 is 1.88 bits per heavy atom. The van der Waals surface area contributed by atoms with Crippen molar-refractivity contribution in [2.45, 2.75) is 33.6 Å². The molecule has 0 aliphatic carbocycles. The van der Waals surface area contributed by atoms with Gasteiger partial charge in [0.2, 0.25) is 0 Å². The second-order valence-corrected chi connectivity index (χ2v) is 9.00. The zero-order valence-electron chi connectivity index (χ0n) is 11.4. The normalized spacial score (nSPS) is 30.6. The van der Waals surface area contributed by atoms with E-state index in [0.717, 1.165) is 23.5 Å². The monoisotopic (exact) mass is 260 g/mol. The van der Waals surface area contributed by atoms with Crippen molar-refractivity contribution in [1.29, 1.82) is 0 Å². The van der Waals surface area contributed by atoms with Gasteiger partial charge in [0.1, 0.15) is 0 Å². The van der Waals surface area contributed by atoms with E-state index in [1.165, 1.54) is 25.9 Å². The first-order chi connectivity index (χ1) is 7.77. The van der Waals surface area contributed by atoms with Crippen LogP contribution >= 0.6 is 0 Å². The predicted molar refractivity (Wildman–Crippen MR) is 70.6 cm³/mol. The zero-order valence-corrected chi connectivity index (χ0v) is 12.2. The molecule has 2 heterocycles. The third-order valence-corrected chi connectivity index (χ3v) is 7.07. The van der Waals surface area contributed by atoms with Gasteiger partial charge < -0.3 is 4.48 Å². The molecule has 2 saturated heterocycles. The number of hydrogen-bond donors (Lipinski definition) is 0. The summed E-state index contributed by atoms with van der Waals surface area (Å²) in [5.74, 6) is 1.55. The van der Waals surface area contributed by atoms with E-state index >= 15 is 0 Å². The van der Waals surface area contributed by atoms with E-state index < -0.39 is 9.84 Å². The fourth-order valence-electron chi connectivity index (χ4n) is 3.13. The van der Waals surface area contributed by atoms with Crippen LogP contribution in [0.4, 0.5) is 0 Å². The molecule has 2 aliphatic rings. The van der Waals surface area contributed by atoms with Crippen LogP contribution in [0, 0.1) is 11.3 Å². The summed E-state index contributed by atoms with van der Waals surface area (Å²) in [6.07, 6.45) is 2.51. The molecule has 0 unspecified atom stereocenters. The van der Waals surface area contributed by atoms with Crippen molar-refractivity contribution in [3.8, 4) is 0 Å². The van der Waals surface area contributed by atoms with Crippen LogP contribution in [0.15, 0.2) is 0 Å². The number of hydrogen-bond acceptors (Lipinski definition) is 2. The molecule has 0 aromatic rings. The van der Waals surface area contributed by atoms with Gasteiger partial charge >= 0.3 is 0 Å². The van der Waals surface area contributed by atoms with Crippen LogP contribution in [-0.4, -0.2) is 50.6 Å². The average Bonchev–Trinajstić information content (AvgIpc) is 2.27. The van der Waals surface area contributed by atoms with Gasteiger partial charge in [0.25, 0.3) is 0 Å². The second-order valence-electron chi connectivity index (χ2n) is 6.70. The molecule has 100 valence electrons. The average molecular weight is 260 g/mol. The van der Waals surface area contributed by atoms with E-state index in [1.54, 1.807) is 0 Å². The van der Waals surface area contributed by atoms with Crippen LogP contribution in [0.5, 0.6) is 0 Å². The highest BCUT2D eigenvalue weighted by Crippen LogP contribution is 2.40. The second kappa shape index (κ2) is 4.23. The fourth-order valence-corrected chi connectivity index (χ4v) is 4.66. The quantitative estimate of drug-likeness (QED) is 0.672. The van der Waals surface area contributed by atoms with Crippen molar-refractivity contribution in [1.82, 2.24) is 0 Å². The minimum atomic E-state index is -2.72. The lowest BCUT2D eigenvalue weighted by Gasteiger charge is -2.50. The van der Waals surface area contributed by atoms with Gasteiger partial charge in [-0.1, -0.05) is 20.8 Å². The lowest BCUT2D eigenvalue weighted by molar-refractivity contribution is -0.931. The first-order valence-electron chi connectivity index (χ1n) is 6.83. The molecule has 4 heteroatoms. The van der Waals surface area contributed by atoms with Gasteiger partial charge in [-0.15, -0.1) is 0 Å². The van der Waals surface area contributed by atoms with Gasteiger partial charge in [-0.3, -0.25) is 0 Å². The molecule has 17 heavy (non-hydrogen) atoms. The highest BCUT2D eigenvalue weighted by molar-refractivity contribution is 7.91. The van der Waals surface area contributed by atoms with E-state index in [1.807, 2.05) is 0 Å². The number of rotatable bonds is 1. The Morgan fingerprint density at radius 1 is 1.00 bits per heavy atom. The summed E-state index contributed by atoms with van der Waals surface area (Å²) in [7, 11) is -2.72. The molecule has 0 aromatic heterocycles. The Bertz CT molecular complexity index is 362. The first-order valence-corrected chi connectivity index (χ1v) is 8.65. The van der Waals surface area contributed by atoms with Crippen LogP contribution < -0.4 is 0 Å². The van der Waals surface area contributed by atoms with Crippen LogP contribution in [0.3, 0.4) is 0 Å². The summed E-state index contributed by atoms with van der Waals surface area (Å²) in [5, 5.41) is 0. The van der Waals surface area contributed by atoms with Gasteiger partial charge in [0.05, 0.1) is 37.7 Å². The van der Waals surface area contributed by atoms with Crippen molar-refractivity contribution in [3.63, 3.8) is 0 Å². The molecule has 0 amide bonds. The number of nitrogens with zero attached hydrogens (tertiary/aromatic N) is 1. The summed E-state index contributed by atoms with van der Waals surface area (Å²) in [6, 6.07) is 0. The lowest BCUT2D eigenvalue weighted by Crippen LogP contribution is -2.61. The number of piperidine rings is 1. The third kappa shape index (κ3) is 2.68. The summed E-state index contributed by atoms with van der Waals surface area (Å²) in [6.45, 7) is 11.1. The van der Waals surface area contributed by atoms with Crippen LogP contribution in [-0.2, 0) is 9.84 Å². The van der Waals surface area contributed by atoms with Crippen molar-refractivity contribution < 1.29 is 12.9 Å². The Balaban J connectivity index is 2.00. The van der Waals surface area contributed by atoms with Crippen molar-refractivity contribution in [2.24, 2.45) is 11.3 Å². The molecule has 3 nitrogen and oxygen atoms in total. The zero-order chi connectivity index (χ0) is 12.7. The van der Waals surface area contributed by atoms with E-state index in [-0.39, 0.29) is 0 Å². The van der Waals surface area contributed by atoms with Gasteiger partial charge in [-0.05, 0) is 11.3 Å². The van der Waals surface area contributed by atoms with Crippen molar-refractivity contribution in [2.75, 3.05) is 37.7 Å². The minimum Gasteiger partial charge on any atom is -0.322 e. The standard InChI is InChI=1S/C13H26NO2S/c1-12(2)13(3)4-6-14(7-5-13)8-10-17(15,16)11-9-14/h12H,4-11H2,1-3H3/q+1. The van der Waals surface area contributed by atoms with Gasteiger partial charge in [-0.2, -0.15) is 0 Å². The molecule has 0 radical (unpaired) electrons. The Morgan fingerprint density at radius 2 is 1.47 bits per heavy atom. The largest absolute Gasteiger partial charge is 0.322 e. The van der Waals surface area contributed by atoms with E-state index in [9.17, 15) is 8.42 Å². The summed E-state index contributed by atoms with van der Waals surface area (Å²) in [5.41, 5.74) is 0.472. The molecule has 1 spiro atoms. The Labute approximate surface area is 106 Å². The molecular formula is C13H26NO2S+. The highest BCUT2D eigenvalue weighted by atomic mass is 32.2. The smallest absolute Gasteiger partial charge is 0.161 e. The fraction of sp³-hybridized carbons (Fsp3) is 1.00. The van der Waals surface area contributed by atoms with Gasteiger partial charge in [0, 0.05) is 12.8 Å². The summed E-state index contributed by atoms with van der Waals surface area (Å²) >= 11 is 0. The maximum atomic E-state index is 11.5. The minimum absolute atomic E-state index is 0.408. The topological polar surface area (TPSA) is 34.1 Å². The maximum absolute atomic E-state index is 11.5. The molecule has 2 aliphatic heterocycles. The van der Waals surface area contributed by atoms with Gasteiger partial charge in [-0.25, -0.2) is 8.42 Å². The number of sulfone groups is 1. The molecule has 0 bridgehead atoms. The van der Waals surface area contributed by atoms with Crippen LogP contribution in [0.1, 0.15) is 33.6 Å². The SMILES string of the molecule is CC(C)C1(C)CC[N+]2(CC1)CCS(=O)(=O)CC2. The molecule has 0 N–H and O–H groups in total. The van der Waals surface area contributed by atoms with Crippen LogP contribution in [0.2, 0.25) is 0 Å². The predicted octanol–water partition coefficient (Wildman–Crippen LogP) is 1.69. The molecule has 0 aromatic carbocycles. The molecular weight excluding hydrogens is 234 g/mol. The van der Waals surface area contributed by atoms with E-state index in [4.69, 9.17) is 0 Å². The van der Waals surface area contributed by atoms with Crippen LogP contribution in [0.25, 0.3) is 0 Å². The third-order valence-electron chi connectivity index (χ3n) is 5.46. The Hall–Kier alpha value is -0.0900. The molecule has 0 saturated carbocycles. The highest BCUT2D eigenvalue weighted by Gasteiger charge is 2.44.